The fourth-order valence-electron chi connectivity index (χ4n) is 0.921. The Bertz CT molecular complexity index is 430. The van der Waals surface area contributed by atoms with Crippen LogP contribution in [0.1, 0.15) is 26.3 Å². The van der Waals surface area contributed by atoms with Gasteiger partial charge >= 0.3 is 0 Å². The molecule has 1 heteroatoms. The van der Waals surface area contributed by atoms with Crippen LogP contribution in [0.15, 0.2) is 30.3 Å². The molecule has 0 atom stereocenters. The van der Waals surface area contributed by atoms with Crippen LogP contribution < -0.4 is 0 Å². The standard InChI is InChI=1S/C15H16S/c1-15(2,3)11-13-16-12-7-10-14-8-5-4-6-9-14/h4-6,8-9H,12H2,1-3H3. The van der Waals surface area contributed by atoms with Gasteiger partial charge in [-0.15, -0.1) is 0 Å². The average molecular weight is 228 g/mol. The summed E-state index contributed by atoms with van der Waals surface area (Å²) in [5.41, 5.74) is 1.15. The second kappa shape index (κ2) is 6.31. The molecule has 0 radical (unpaired) electrons. The van der Waals surface area contributed by atoms with Crippen LogP contribution in [0.4, 0.5) is 0 Å². The Morgan fingerprint density at radius 3 is 2.44 bits per heavy atom. The van der Waals surface area contributed by atoms with Gasteiger partial charge in [0.1, 0.15) is 0 Å². The molecule has 0 heterocycles. The summed E-state index contributed by atoms with van der Waals surface area (Å²) in [7, 11) is 0. The Morgan fingerprint density at radius 1 is 1.12 bits per heavy atom. The molecular formula is C15H16S. The van der Waals surface area contributed by atoms with Crippen molar-refractivity contribution < 1.29 is 0 Å². The van der Waals surface area contributed by atoms with Crippen molar-refractivity contribution in [2.75, 3.05) is 5.75 Å². The van der Waals surface area contributed by atoms with E-state index in [0.29, 0.717) is 0 Å². The lowest BCUT2D eigenvalue weighted by Gasteiger charge is -2.05. The Hall–Kier alpha value is -1.31. The molecule has 0 bridgehead atoms. The minimum Gasteiger partial charge on any atom is -0.0859 e. The molecule has 0 spiro atoms. The zero-order valence-electron chi connectivity index (χ0n) is 10.0. The van der Waals surface area contributed by atoms with Gasteiger partial charge in [0.2, 0.25) is 0 Å². The summed E-state index contributed by atoms with van der Waals surface area (Å²) >= 11 is 1.56. The molecule has 0 saturated carbocycles. The zero-order chi connectivity index (χ0) is 11.9. The number of benzene rings is 1. The van der Waals surface area contributed by atoms with E-state index in [9.17, 15) is 0 Å². The van der Waals surface area contributed by atoms with Crippen LogP contribution in [0.2, 0.25) is 0 Å². The third kappa shape index (κ3) is 6.23. The van der Waals surface area contributed by atoms with Gasteiger partial charge in [0.15, 0.2) is 0 Å². The first-order valence-electron chi connectivity index (χ1n) is 5.26. The van der Waals surface area contributed by atoms with Crippen molar-refractivity contribution >= 4 is 11.8 Å². The largest absolute Gasteiger partial charge is 0.0859 e. The van der Waals surface area contributed by atoms with Crippen molar-refractivity contribution in [3.63, 3.8) is 0 Å². The molecule has 0 N–H and O–H groups in total. The molecule has 16 heavy (non-hydrogen) atoms. The normalized spacial score (nSPS) is 9.69. The highest BCUT2D eigenvalue weighted by Crippen LogP contribution is 2.11. The molecule has 0 aliphatic heterocycles. The Kier molecular flexibility index (Phi) is 5.03. The molecule has 82 valence electrons. The first-order chi connectivity index (χ1) is 7.58. The van der Waals surface area contributed by atoms with Crippen molar-refractivity contribution in [3.05, 3.63) is 35.9 Å². The highest BCUT2D eigenvalue weighted by atomic mass is 32.2. The van der Waals surface area contributed by atoms with E-state index in [0.717, 1.165) is 11.3 Å². The van der Waals surface area contributed by atoms with Gasteiger partial charge in [0.25, 0.3) is 0 Å². The molecule has 1 rings (SSSR count). The molecule has 1 aromatic rings. The highest BCUT2D eigenvalue weighted by Gasteiger charge is 2.02. The van der Waals surface area contributed by atoms with Gasteiger partial charge in [-0.05, 0) is 38.2 Å². The number of hydrogen-bond donors (Lipinski definition) is 0. The molecule has 0 unspecified atom stereocenters. The Balaban J connectivity index is 2.37. The van der Waals surface area contributed by atoms with Crippen LogP contribution in [0.3, 0.4) is 0 Å². The summed E-state index contributed by atoms with van der Waals surface area (Å²) < 4.78 is 0. The van der Waals surface area contributed by atoms with Crippen molar-refractivity contribution in [1.82, 2.24) is 0 Å². The molecule has 0 aromatic heterocycles. The predicted molar refractivity (Wildman–Crippen MR) is 73.0 cm³/mol. The number of thioether (sulfide) groups is 1. The number of hydrogen-bond acceptors (Lipinski definition) is 1. The summed E-state index contributed by atoms with van der Waals surface area (Å²) in [6.07, 6.45) is 0. The minimum absolute atomic E-state index is 0.0832. The summed E-state index contributed by atoms with van der Waals surface area (Å²) in [5.74, 6) is 10.1. The molecular weight excluding hydrogens is 212 g/mol. The maximum absolute atomic E-state index is 3.17. The second-order valence-corrected chi connectivity index (χ2v) is 5.22. The van der Waals surface area contributed by atoms with Crippen molar-refractivity contribution in [2.24, 2.45) is 5.41 Å². The molecule has 0 aliphatic rings. The van der Waals surface area contributed by atoms with Crippen LogP contribution in [0, 0.1) is 28.4 Å². The average Bonchev–Trinajstić information content (AvgIpc) is 2.23. The van der Waals surface area contributed by atoms with E-state index in [1.807, 2.05) is 30.3 Å². The third-order valence-electron chi connectivity index (χ3n) is 1.65. The van der Waals surface area contributed by atoms with E-state index in [-0.39, 0.29) is 5.41 Å². The predicted octanol–water partition coefficient (Wildman–Crippen LogP) is 3.78. The summed E-state index contributed by atoms with van der Waals surface area (Å²) in [6.45, 7) is 6.32. The van der Waals surface area contributed by atoms with E-state index in [1.54, 1.807) is 11.8 Å². The van der Waals surface area contributed by atoms with Gasteiger partial charge < -0.3 is 0 Å². The van der Waals surface area contributed by atoms with Crippen LogP contribution in [-0.2, 0) is 0 Å². The van der Waals surface area contributed by atoms with Crippen LogP contribution in [-0.4, -0.2) is 5.75 Å². The van der Waals surface area contributed by atoms with E-state index >= 15 is 0 Å². The fourth-order valence-corrected chi connectivity index (χ4v) is 1.52. The van der Waals surface area contributed by atoms with Gasteiger partial charge in [0, 0.05) is 11.0 Å². The fraction of sp³-hybridized carbons (Fsp3) is 0.333. The third-order valence-corrected chi connectivity index (χ3v) is 2.18. The highest BCUT2D eigenvalue weighted by molar-refractivity contribution is 8.04. The molecule has 1 aromatic carbocycles. The van der Waals surface area contributed by atoms with Gasteiger partial charge in [-0.25, -0.2) is 0 Å². The maximum Gasteiger partial charge on any atom is 0.0674 e. The molecule has 0 saturated heterocycles. The smallest absolute Gasteiger partial charge is 0.0674 e. The Labute approximate surface area is 103 Å². The van der Waals surface area contributed by atoms with Gasteiger partial charge in [-0.3, -0.25) is 0 Å². The molecule has 0 aliphatic carbocycles. The van der Waals surface area contributed by atoms with Crippen LogP contribution in [0.5, 0.6) is 0 Å². The van der Waals surface area contributed by atoms with Crippen molar-refractivity contribution in [1.29, 1.82) is 0 Å². The van der Waals surface area contributed by atoms with Crippen molar-refractivity contribution in [2.45, 2.75) is 20.8 Å². The summed E-state index contributed by atoms with van der Waals surface area (Å²) in [5, 5.41) is 3.08. The van der Waals surface area contributed by atoms with Crippen LogP contribution in [0.25, 0.3) is 0 Å². The topological polar surface area (TPSA) is 0 Å². The Morgan fingerprint density at radius 2 is 1.81 bits per heavy atom. The quantitative estimate of drug-likeness (QED) is 0.521. The van der Waals surface area contributed by atoms with Gasteiger partial charge in [-0.1, -0.05) is 47.7 Å². The summed E-state index contributed by atoms with van der Waals surface area (Å²) in [6, 6.07) is 10.0. The van der Waals surface area contributed by atoms with Crippen LogP contribution >= 0.6 is 11.8 Å². The molecule has 0 fully saturated rings. The number of rotatable bonds is 1. The lowest BCUT2D eigenvalue weighted by atomic mass is 9.99. The first-order valence-corrected chi connectivity index (χ1v) is 6.24. The van der Waals surface area contributed by atoms with Gasteiger partial charge in [-0.2, -0.15) is 0 Å². The van der Waals surface area contributed by atoms with E-state index in [2.05, 4.69) is 43.8 Å². The van der Waals surface area contributed by atoms with Gasteiger partial charge in [0.05, 0.1) is 5.75 Å². The van der Waals surface area contributed by atoms with E-state index in [1.165, 1.54) is 0 Å². The monoisotopic (exact) mass is 228 g/mol. The SMILES string of the molecule is CC(C)(C)C#CSCC#Cc1ccccc1. The summed E-state index contributed by atoms with van der Waals surface area (Å²) in [4.78, 5) is 0. The van der Waals surface area contributed by atoms with E-state index < -0.39 is 0 Å². The first kappa shape index (κ1) is 12.8. The molecule has 0 amide bonds. The minimum atomic E-state index is 0.0832. The van der Waals surface area contributed by atoms with E-state index in [4.69, 9.17) is 0 Å². The maximum atomic E-state index is 3.17. The lowest BCUT2D eigenvalue weighted by molar-refractivity contribution is 0.571. The zero-order valence-corrected chi connectivity index (χ0v) is 10.8. The van der Waals surface area contributed by atoms with Crippen molar-refractivity contribution in [3.8, 4) is 23.0 Å². The second-order valence-electron chi connectivity index (χ2n) is 4.43. The lowest BCUT2D eigenvalue weighted by Crippen LogP contribution is -1.98. The molecule has 0 nitrogen and oxygen atoms in total.